The van der Waals surface area contributed by atoms with Crippen LogP contribution in [0, 0.1) is 11.3 Å². The van der Waals surface area contributed by atoms with Crippen LogP contribution in [0.5, 0.6) is 0 Å². The summed E-state index contributed by atoms with van der Waals surface area (Å²) in [7, 11) is -4.27. The molecule has 5 unspecified atom stereocenters. The highest BCUT2D eigenvalue weighted by molar-refractivity contribution is 7.87. The van der Waals surface area contributed by atoms with Crippen LogP contribution in [0.25, 0.3) is 0 Å². The van der Waals surface area contributed by atoms with Crippen molar-refractivity contribution < 1.29 is 32.3 Å². The second-order valence-corrected chi connectivity index (χ2v) is 14.8. The Morgan fingerprint density at radius 2 is 1.86 bits per heavy atom. The fourth-order valence-electron chi connectivity index (χ4n) is 6.31. The highest BCUT2D eigenvalue weighted by atomic mass is 32.2. The molecule has 2 saturated heterocycles. The van der Waals surface area contributed by atoms with Gasteiger partial charge >= 0.3 is 16.3 Å². The van der Waals surface area contributed by atoms with Crippen LogP contribution >= 0.6 is 0 Å². The Balaban J connectivity index is 1.59. The van der Waals surface area contributed by atoms with Gasteiger partial charge in [-0.2, -0.15) is 12.7 Å². The standard InChI is InChI=1S/C28H46N6O7S/c1-26(2,3)27(4)18-30-14-16-34(27)42(39,40)32-24(37)28-17-19(28)11-8-6-5-7-9-13-21(41-25(29)38)23(36)33-15-10-12-20(33)22(35)31-28/h8,11,19-21,30H,5-7,9-10,12-18H2,1-4H3,(H2,29,38)(H,31,35)(H,32,37)/b11-8+. The maximum atomic E-state index is 13.8. The molecule has 0 bridgehead atoms. The number of nitrogens with one attached hydrogen (secondary N) is 3. The van der Waals surface area contributed by atoms with E-state index >= 15 is 0 Å². The van der Waals surface area contributed by atoms with Crippen LogP contribution in [-0.4, -0.2) is 90.8 Å². The van der Waals surface area contributed by atoms with Crippen LogP contribution in [0.15, 0.2) is 12.2 Å². The molecule has 0 aromatic heterocycles. The minimum atomic E-state index is -4.27. The fourth-order valence-corrected chi connectivity index (χ4v) is 8.04. The van der Waals surface area contributed by atoms with Gasteiger partial charge in [-0.15, -0.1) is 0 Å². The van der Waals surface area contributed by atoms with Gasteiger partial charge in [-0.05, 0) is 57.3 Å². The number of piperazine rings is 1. The average Bonchev–Trinajstić information content (AvgIpc) is 3.35. The van der Waals surface area contributed by atoms with Crippen molar-refractivity contribution in [1.29, 1.82) is 0 Å². The lowest BCUT2D eigenvalue weighted by molar-refractivity contribution is -0.146. The van der Waals surface area contributed by atoms with Crippen molar-refractivity contribution in [1.82, 2.24) is 24.6 Å². The average molecular weight is 611 g/mol. The molecule has 5 atom stereocenters. The predicted molar refractivity (Wildman–Crippen MR) is 155 cm³/mol. The summed E-state index contributed by atoms with van der Waals surface area (Å²) in [6, 6.07) is -0.884. The SMILES string of the molecule is CC(C)(C)C1(C)CNCCN1S(=O)(=O)NC(=O)C12CC1/C=C/CCCCCC(OC(N)=O)C(=O)N1CCCC1C(=O)N2. The molecule has 3 heterocycles. The molecule has 236 valence electrons. The Kier molecular flexibility index (Phi) is 9.29. The van der Waals surface area contributed by atoms with E-state index in [-0.39, 0.29) is 13.0 Å². The summed E-state index contributed by atoms with van der Waals surface area (Å²) in [5, 5.41) is 6.10. The van der Waals surface area contributed by atoms with Crippen molar-refractivity contribution >= 4 is 34.0 Å². The van der Waals surface area contributed by atoms with Gasteiger partial charge in [0.25, 0.3) is 11.8 Å². The zero-order valence-electron chi connectivity index (χ0n) is 25.1. The van der Waals surface area contributed by atoms with Gasteiger partial charge in [-0.1, -0.05) is 39.3 Å². The van der Waals surface area contributed by atoms with Crippen molar-refractivity contribution in [2.75, 3.05) is 26.2 Å². The monoisotopic (exact) mass is 610 g/mol. The van der Waals surface area contributed by atoms with Crippen molar-refractivity contribution in [3.05, 3.63) is 12.2 Å². The van der Waals surface area contributed by atoms with Crippen LogP contribution in [0.1, 0.15) is 79.1 Å². The largest absolute Gasteiger partial charge is 0.436 e. The van der Waals surface area contributed by atoms with Gasteiger partial charge in [0.1, 0.15) is 11.6 Å². The summed E-state index contributed by atoms with van der Waals surface area (Å²) in [5.74, 6) is -2.22. The minimum absolute atomic E-state index is 0.187. The number of ether oxygens (including phenoxy) is 1. The second kappa shape index (κ2) is 12.1. The van der Waals surface area contributed by atoms with E-state index in [9.17, 15) is 27.6 Å². The maximum absolute atomic E-state index is 13.8. The lowest BCUT2D eigenvalue weighted by Gasteiger charge is -2.51. The molecule has 14 heteroatoms. The first-order valence-electron chi connectivity index (χ1n) is 14.9. The van der Waals surface area contributed by atoms with Gasteiger partial charge in [0, 0.05) is 32.1 Å². The van der Waals surface area contributed by atoms with E-state index in [0.717, 1.165) is 12.8 Å². The number of rotatable bonds is 4. The zero-order valence-corrected chi connectivity index (χ0v) is 25.9. The molecule has 4 amide bonds. The number of nitrogens with two attached hydrogens (primary N) is 1. The number of carbonyl (C=O) groups excluding carboxylic acids is 4. The van der Waals surface area contributed by atoms with Gasteiger partial charge in [0.05, 0.1) is 5.54 Å². The third-order valence-electron chi connectivity index (χ3n) is 9.48. The summed E-state index contributed by atoms with van der Waals surface area (Å²) in [4.78, 5) is 53.8. The van der Waals surface area contributed by atoms with Crippen molar-refractivity contribution in [3.8, 4) is 0 Å². The van der Waals surface area contributed by atoms with Crippen molar-refractivity contribution in [2.24, 2.45) is 17.1 Å². The smallest absolute Gasteiger partial charge is 0.405 e. The summed E-state index contributed by atoms with van der Waals surface area (Å²) < 4.78 is 36.2. The third-order valence-corrected chi connectivity index (χ3v) is 11.1. The molecule has 5 N–H and O–H groups in total. The van der Waals surface area contributed by atoms with Crippen LogP contribution < -0.4 is 21.1 Å². The molecule has 13 nitrogen and oxygen atoms in total. The molecule has 3 aliphatic heterocycles. The molecule has 1 aliphatic carbocycles. The number of allylic oxidation sites excluding steroid dienone is 1. The number of hydrogen-bond donors (Lipinski definition) is 4. The number of amides is 4. The minimum Gasteiger partial charge on any atom is -0.436 e. The third kappa shape index (κ3) is 6.45. The van der Waals surface area contributed by atoms with E-state index in [0.29, 0.717) is 51.7 Å². The van der Waals surface area contributed by atoms with E-state index in [4.69, 9.17) is 10.5 Å². The number of fused-ring (bicyclic) bond motifs is 2. The van der Waals surface area contributed by atoms with Gasteiger partial charge in [-0.25, -0.2) is 9.52 Å². The van der Waals surface area contributed by atoms with Gasteiger partial charge in [0.2, 0.25) is 5.91 Å². The number of nitrogens with zero attached hydrogens (tertiary/aromatic N) is 2. The normalized spacial score (nSPS) is 34.2. The highest BCUT2D eigenvalue weighted by Gasteiger charge is 2.62. The summed E-state index contributed by atoms with van der Waals surface area (Å²) >= 11 is 0. The Labute approximate surface area is 248 Å². The van der Waals surface area contributed by atoms with E-state index in [1.54, 1.807) is 0 Å². The van der Waals surface area contributed by atoms with E-state index in [2.05, 4.69) is 15.4 Å². The first-order chi connectivity index (χ1) is 19.6. The summed E-state index contributed by atoms with van der Waals surface area (Å²) in [5.41, 5.74) is 2.52. The van der Waals surface area contributed by atoms with Crippen LogP contribution in [-0.2, 0) is 29.3 Å². The molecule has 1 saturated carbocycles. The molecule has 0 radical (unpaired) electrons. The highest BCUT2D eigenvalue weighted by Crippen LogP contribution is 2.46. The van der Waals surface area contributed by atoms with Gasteiger partial charge < -0.3 is 26.0 Å². The fraction of sp³-hybridized carbons (Fsp3) is 0.786. The summed E-state index contributed by atoms with van der Waals surface area (Å²) in [6.07, 6.45) is 6.04. The number of primary amides is 1. The molecule has 42 heavy (non-hydrogen) atoms. The Morgan fingerprint density at radius 3 is 2.55 bits per heavy atom. The molecule has 0 spiro atoms. The quantitative estimate of drug-likeness (QED) is 0.339. The first-order valence-corrected chi connectivity index (χ1v) is 16.4. The number of carbonyl (C=O) groups is 4. The van der Waals surface area contributed by atoms with E-state index in [1.165, 1.54) is 9.21 Å². The molecule has 0 aromatic carbocycles. The van der Waals surface area contributed by atoms with Crippen molar-refractivity contribution in [3.63, 3.8) is 0 Å². The maximum Gasteiger partial charge on any atom is 0.405 e. The Bertz CT molecular complexity index is 1220. The van der Waals surface area contributed by atoms with Crippen LogP contribution in [0.4, 0.5) is 4.79 Å². The van der Waals surface area contributed by atoms with E-state index in [1.807, 2.05) is 39.8 Å². The predicted octanol–water partition coefficient (Wildman–Crippen LogP) is 0.908. The molecule has 4 aliphatic rings. The Morgan fingerprint density at radius 1 is 1.12 bits per heavy atom. The topological polar surface area (TPSA) is 180 Å². The van der Waals surface area contributed by atoms with Crippen LogP contribution in [0.3, 0.4) is 0 Å². The van der Waals surface area contributed by atoms with Crippen LogP contribution in [0.2, 0.25) is 0 Å². The Hall–Kier alpha value is -2.71. The first kappa shape index (κ1) is 32.2. The lowest BCUT2D eigenvalue weighted by Crippen LogP contribution is -2.69. The molecular weight excluding hydrogens is 564 g/mol. The lowest BCUT2D eigenvalue weighted by atomic mass is 9.74. The van der Waals surface area contributed by atoms with Gasteiger partial charge in [-0.3, -0.25) is 14.4 Å². The second-order valence-electron chi connectivity index (χ2n) is 13.2. The summed E-state index contributed by atoms with van der Waals surface area (Å²) in [6.45, 7) is 9.07. The molecule has 0 aromatic rings. The molecule has 4 rings (SSSR count). The zero-order chi connectivity index (χ0) is 30.9. The van der Waals surface area contributed by atoms with E-state index < -0.39 is 68.6 Å². The van der Waals surface area contributed by atoms with Gasteiger partial charge in [0.15, 0.2) is 6.10 Å². The van der Waals surface area contributed by atoms with Crippen molar-refractivity contribution in [2.45, 2.75) is 102 Å². The molecule has 3 fully saturated rings. The number of hydrogen-bond acceptors (Lipinski definition) is 8. The molecular formula is C28H46N6O7S.